The molecular weight excluding hydrogens is 338 g/mol. The van der Waals surface area contributed by atoms with Gasteiger partial charge in [-0.3, -0.25) is 9.59 Å². The molecule has 0 saturated carbocycles. The zero-order valence-electron chi connectivity index (χ0n) is 14.6. The summed E-state index contributed by atoms with van der Waals surface area (Å²) >= 11 is 0. The Morgan fingerprint density at radius 2 is 1.65 bits per heavy atom. The van der Waals surface area contributed by atoms with Crippen LogP contribution in [0.15, 0.2) is 47.6 Å². The third-order valence-electron chi connectivity index (χ3n) is 3.34. The minimum Gasteiger partial charge on any atom is -0.497 e. The second-order valence-corrected chi connectivity index (χ2v) is 4.99. The van der Waals surface area contributed by atoms with Gasteiger partial charge >= 0.3 is 11.8 Å². The highest BCUT2D eigenvalue weighted by molar-refractivity contribution is 6.39. The van der Waals surface area contributed by atoms with E-state index in [1.54, 1.807) is 42.5 Å². The summed E-state index contributed by atoms with van der Waals surface area (Å²) in [6.07, 6.45) is 1.36. The fourth-order valence-electron chi connectivity index (χ4n) is 2.04. The summed E-state index contributed by atoms with van der Waals surface area (Å²) in [5.41, 5.74) is 3.18. The van der Waals surface area contributed by atoms with Crippen molar-refractivity contribution in [3.8, 4) is 17.2 Å². The number of nitrogens with one attached hydrogen (secondary N) is 2. The van der Waals surface area contributed by atoms with Gasteiger partial charge in [0.1, 0.15) is 17.2 Å². The topological polar surface area (TPSA) is 98.2 Å². The van der Waals surface area contributed by atoms with Crippen LogP contribution in [0, 0.1) is 0 Å². The molecule has 0 radical (unpaired) electrons. The highest BCUT2D eigenvalue weighted by Gasteiger charge is 2.13. The molecule has 8 nitrogen and oxygen atoms in total. The second kappa shape index (κ2) is 9.07. The molecule has 8 heteroatoms. The third kappa shape index (κ3) is 4.97. The van der Waals surface area contributed by atoms with Crippen molar-refractivity contribution in [1.82, 2.24) is 5.43 Å². The van der Waals surface area contributed by atoms with E-state index < -0.39 is 11.8 Å². The van der Waals surface area contributed by atoms with Gasteiger partial charge in [-0.25, -0.2) is 5.43 Å². The Hall–Kier alpha value is -3.55. The third-order valence-corrected chi connectivity index (χ3v) is 3.34. The second-order valence-electron chi connectivity index (χ2n) is 4.99. The Labute approximate surface area is 150 Å². The number of hydrogen-bond donors (Lipinski definition) is 2. The zero-order valence-corrected chi connectivity index (χ0v) is 14.6. The fraction of sp³-hybridized carbons (Fsp3) is 0.167. The van der Waals surface area contributed by atoms with Crippen LogP contribution in [0.3, 0.4) is 0 Å². The minimum absolute atomic E-state index is 0.433. The molecule has 0 fully saturated rings. The van der Waals surface area contributed by atoms with Gasteiger partial charge in [0.25, 0.3) is 0 Å². The van der Waals surface area contributed by atoms with Crippen LogP contribution < -0.4 is 25.0 Å². The number of carbonyl (C=O) groups is 2. The molecule has 2 aromatic carbocycles. The summed E-state index contributed by atoms with van der Waals surface area (Å²) in [4.78, 5) is 23.7. The van der Waals surface area contributed by atoms with Crippen molar-refractivity contribution in [2.75, 3.05) is 26.6 Å². The van der Waals surface area contributed by atoms with Gasteiger partial charge in [-0.2, -0.15) is 5.10 Å². The lowest BCUT2D eigenvalue weighted by atomic mass is 10.2. The maximum Gasteiger partial charge on any atom is 0.329 e. The highest BCUT2D eigenvalue weighted by Crippen LogP contribution is 2.22. The molecule has 0 atom stereocenters. The van der Waals surface area contributed by atoms with Gasteiger partial charge in [-0.1, -0.05) is 6.07 Å². The maximum atomic E-state index is 11.9. The van der Waals surface area contributed by atoms with E-state index in [2.05, 4.69) is 15.8 Å². The lowest BCUT2D eigenvalue weighted by Gasteiger charge is -2.07. The van der Waals surface area contributed by atoms with E-state index in [9.17, 15) is 9.59 Å². The summed E-state index contributed by atoms with van der Waals surface area (Å²) in [7, 11) is 4.56. The smallest absolute Gasteiger partial charge is 0.329 e. The van der Waals surface area contributed by atoms with Gasteiger partial charge in [-0.05, 0) is 30.3 Å². The van der Waals surface area contributed by atoms with Gasteiger partial charge in [0, 0.05) is 17.3 Å². The number of ether oxygens (including phenoxy) is 3. The molecule has 0 spiro atoms. The standard InChI is InChI=1S/C18H19N3O5/c1-24-14-6-4-5-13(10-14)20-17(22)18(23)21-19-11-12-9-15(25-2)7-8-16(12)26-3/h4-11H,1-3H3,(H,20,22)(H,21,23)/b19-11+. The van der Waals surface area contributed by atoms with Gasteiger partial charge in [0.2, 0.25) is 0 Å². The lowest BCUT2D eigenvalue weighted by Crippen LogP contribution is -2.32. The number of benzene rings is 2. The Bertz CT molecular complexity index is 820. The molecule has 0 saturated heterocycles. The van der Waals surface area contributed by atoms with Crippen LogP contribution in [0.1, 0.15) is 5.56 Å². The average molecular weight is 357 g/mol. The van der Waals surface area contributed by atoms with Crippen molar-refractivity contribution in [3.63, 3.8) is 0 Å². The Morgan fingerprint density at radius 3 is 2.35 bits per heavy atom. The van der Waals surface area contributed by atoms with Crippen molar-refractivity contribution in [2.45, 2.75) is 0 Å². The van der Waals surface area contributed by atoms with Crippen LogP contribution >= 0.6 is 0 Å². The van der Waals surface area contributed by atoms with Gasteiger partial charge in [0.15, 0.2) is 0 Å². The predicted octanol–water partition coefficient (Wildman–Crippen LogP) is 1.80. The first-order valence-electron chi connectivity index (χ1n) is 7.58. The van der Waals surface area contributed by atoms with Crippen LogP contribution in [0.4, 0.5) is 5.69 Å². The van der Waals surface area contributed by atoms with E-state index in [1.165, 1.54) is 27.5 Å². The normalized spacial score (nSPS) is 10.3. The van der Waals surface area contributed by atoms with Crippen LogP contribution in [0.25, 0.3) is 0 Å². The highest BCUT2D eigenvalue weighted by atomic mass is 16.5. The summed E-state index contributed by atoms with van der Waals surface area (Å²) in [5.74, 6) is -0.0516. The predicted molar refractivity (Wildman–Crippen MR) is 96.9 cm³/mol. The molecule has 26 heavy (non-hydrogen) atoms. The number of rotatable bonds is 6. The van der Waals surface area contributed by atoms with E-state index in [4.69, 9.17) is 14.2 Å². The molecular formula is C18H19N3O5. The number of amides is 2. The van der Waals surface area contributed by atoms with Gasteiger partial charge < -0.3 is 19.5 Å². The molecule has 0 aliphatic rings. The minimum atomic E-state index is -0.911. The first-order chi connectivity index (χ1) is 12.6. The van der Waals surface area contributed by atoms with E-state index >= 15 is 0 Å². The van der Waals surface area contributed by atoms with Crippen LogP contribution in [-0.4, -0.2) is 39.4 Å². The Morgan fingerprint density at radius 1 is 0.923 bits per heavy atom. The SMILES string of the molecule is COc1cccc(NC(=O)C(=O)N/N=C/c2cc(OC)ccc2OC)c1. The maximum absolute atomic E-state index is 11.9. The molecule has 0 bridgehead atoms. The molecule has 0 aromatic heterocycles. The van der Waals surface area contributed by atoms with Crippen molar-refractivity contribution < 1.29 is 23.8 Å². The molecule has 0 heterocycles. The molecule has 2 rings (SSSR count). The quantitative estimate of drug-likeness (QED) is 0.467. The van der Waals surface area contributed by atoms with Crippen LogP contribution in [0.2, 0.25) is 0 Å². The van der Waals surface area contributed by atoms with Crippen molar-refractivity contribution >= 4 is 23.7 Å². The van der Waals surface area contributed by atoms with E-state index in [1.807, 2.05) is 0 Å². The lowest BCUT2D eigenvalue weighted by molar-refractivity contribution is -0.136. The van der Waals surface area contributed by atoms with E-state index in [0.717, 1.165) is 0 Å². The van der Waals surface area contributed by atoms with E-state index in [0.29, 0.717) is 28.5 Å². The molecule has 136 valence electrons. The number of hydrogen-bond acceptors (Lipinski definition) is 6. The monoisotopic (exact) mass is 357 g/mol. The van der Waals surface area contributed by atoms with Gasteiger partial charge in [0.05, 0.1) is 27.5 Å². The molecule has 0 aliphatic carbocycles. The Kier molecular flexibility index (Phi) is 6.55. The molecule has 0 unspecified atom stereocenters. The number of nitrogens with zero attached hydrogens (tertiary/aromatic N) is 1. The summed E-state index contributed by atoms with van der Waals surface area (Å²) in [5, 5.41) is 6.23. The molecule has 2 aromatic rings. The van der Waals surface area contributed by atoms with Crippen molar-refractivity contribution in [2.24, 2.45) is 5.10 Å². The number of carbonyl (C=O) groups excluding carboxylic acids is 2. The summed E-state index contributed by atoms with van der Waals surface area (Å²) < 4.78 is 15.4. The number of hydrazone groups is 1. The van der Waals surface area contributed by atoms with Crippen molar-refractivity contribution in [3.05, 3.63) is 48.0 Å². The fourth-order valence-corrected chi connectivity index (χ4v) is 2.04. The largest absolute Gasteiger partial charge is 0.497 e. The molecule has 2 N–H and O–H groups in total. The average Bonchev–Trinajstić information content (AvgIpc) is 2.67. The zero-order chi connectivity index (χ0) is 18.9. The molecule has 0 aliphatic heterocycles. The van der Waals surface area contributed by atoms with Gasteiger partial charge in [-0.15, -0.1) is 0 Å². The summed E-state index contributed by atoms with van der Waals surface area (Å²) in [6, 6.07) is 11.8. The number of methoxy groups -OCH3 is 3. The van der Waals surface area contributed by atoms with Crippen molar-refractivity contribution in [1.29, 1.82) is 0 Å². The summed E-state index contributed by atoms with van der Waals surface area (Å²) in [6.45, 7) is 0. The van der Waals surface area contributed by atoms with Crippen LogP contribution in [-0.2, 0) is 9.59 Å². The Balaban J connectivity index is 1.99. The van der Waals surface area contributed by atoms with E-state index in [-0.39, 0.29) is 0 Å². The molecule has 2 amide bonds. The van der Waals surface area contributed by atoms with Crippen LogP contribution in [0.5, 0.6) is 17.2 Å². The first kappa shape index (κ1) is 18.8. The number of anilines is 1. The first-order valence-corrected chi connectivity index (χ1v) is 7.58.